The smallest absolute Gasteiger partial charge is 0.422 e. The molecule has 1 aromatic rings. The Labute approximate surface area is 124 Å². The maximum absolute atomic E-state index is 12.1. The van der Waals surface area contributed by atoms with E-state index >= 15 is 0 Å². The van der Waals surface area contributed by atoms with Crippen LogP contribution in [-0.4, -0.2) is 42.4 Å². The van der Waals surface area contributed by atoms with Crippen molar-refractivity contribution in [3.8, 4) is 11.5 Å². The average Bonchev–Trinajstić information content (AvgIpc) is 3.07. The van der Waals surface area contributed by atoms with E-state index in [0.717, 1.165) is 6.42 Å². The summed E-state index contributed by atoms with van der Waals surface area (Å²) >= 11 is 0. The fourth-order valence-electron chi connectivity index (χ4n) is 2.45. The zero-order valence-electron chi connectivity index (χ0n) is 11.5. The van der Waals surface area contributed by atoms with Crippen LogP contribution in [0, 0.1) is 0 Å². The zero-order valence-corrected chi connectivity index (χ0v) is 11.5. The number of hydrogen-bond donors (Lipinski definition) is 1. The number of phenolic OH excluding ortho intramolecular Hbond substituents is 1. The predicted octanol–water partition coefficient (Wildman–Crippen LogP) is 2.62. The largest absolute Gasteiger partial charge is 0.504 e. The van der Waals surface area contributed by atoms with Gasteiger partial charge in [-0.15, -0.1) is 0 Å². The minimum absolute atomic E-state index is 0.223. The number of phenols is 1. The van der Waals surface area contributed by atoms with Gasteiger partial charge in [-0.2, -0.15) is 13.2 Å². The van der Waals surface area contributed by atoms with Crippen molar-refractivity contribution in [3.05, 3.63) is 23.8 Å². The molecule has 0 radical (unpaired) electrons. The molecule has 1 N–H and O–H groups in total. The lowest BCUT2D eigenvalue weighted by Gasteiger charge is -2.17. The molecule has 8 heteroatoms. The maximum atomic E-state index is 12.1. The van der Waals surface area contributed by atoms with E-state index in [4.69, 9.17) is 9.57 Å². The van der Waals surface area contributed by atoms with Crippen molar-refractivity contribution in [3.63, 3.8) is 0 Å². The first-order valence-electron chi connectivity index (χ1n) is 6.73. The van der Waals surface area contributed by atoms with E-state index in [1.807, 2.05) is 0 Å². The second-order valence-corrected chi connectivity index (χ2v) is 5.38. The molecule has 5 nitrogen and oxygen atoms in total. The summed E-state index contributed by atoms with van der Waals surface area (Å²) in [4.78, 5) is 5.43. The van der Waals surface area contributed by atoms with Crippen LogP contribution in [0.2, 0.25) is 0 Å². The molecule has 0 aliphatic carbocycles. The number of alkyl halides is 3. The van der Waals surface area contributed by atoms with Gasteiger partial charge in [-0.25, -0.2) is 0 Å². The second-order valence-electron chi connectivity index (χ2n) is 5.38. The Kier molecular flexibility index (Phi) is 3.64. The standard InChI is InChI=1S/C14H14F3NO4/c15-14(16,17)8-21-12-2-1-9(5-11(12)19)10-6-13(22-18-10)3-4-20-7-13/h1-2,5,19H,3-4,6-8H2. The number of hydrogen-bond acceptors (Lipinski definition) is 5. The average molecular weight is 317 g/mol. The highest BCUT2D eigenvalue weighted by atomic mass is 19.4. The summed E-state index contributed by atoms with van der Waals surface area (Å²) in [6, 6.07) is 4.15. The topological polar surface area (TPSA) is 60.3 Å². The molecule has 0 bridgehead atoms. The fraction of sp³-hybridized carbons (Fsp3) is 0.500. The van der Waals surface area contributed by atoms with E-state index in [9.17, 15) is 18.3 Å². The number of nitrogens with zero attached hydrogens (tertiary/aromatic N) is 1. The van der Waals surface area contributed by atoms with E-state index in [0.29, 0.717) is 30.9 Å². The van der Waals surface area contributed by atoms with Crippen molar-refractivity contribution in [2.24, 2.45) is 5.16 Å². The lowest BCUT2D eigenvalue weighted by atomic mass is 9.93. The number of oxime groups is 1. The van der Waals surface area contributed by atoms with Crippen LogP contribution >= 0.6 is 0 Å². The van der Waals surface area contributed by atoms with Gasteiger partial charge in [0, 0.05) is 18.4 Å². The van der Waals surface area contributed by atoms with Crippen LogP contribution in [0.5, 0.6) is 11.5 Å². The molecule has 0 amide bonds. The van der Waals surface area contributed by atoms with Gasteiger partial charge in [0.05, 0.1) is 18.9 Å². The van der Waals surface area contributed by atoms with Gasteiger partial charge in [-0.1, -0.05) is 5.16 Å². The van der Waals surface area contributed by atoms with Gasteiger partial charge in [0.1, 0.15) is 0 Å². The summed E-state index contributed by atoms with van der Waals surface area (Å²) in [5.74, 6) is -0.590. The quantitative estimate of drug-likeness (QED) is 0.931. The minimum Gasteiger partial charge on any atom is -0.504 e. The number of rotatable bonds is 3. The van der Waals surface area contributed by atoms with E-state index < -0.39 is 18.4 Å². The molecule has 22 heavy (non-hydrogen) atoms. The number of aromatic hydroxyl groups is 1. The van der Waals surface area contributed by atoms with Crippen molar-refractivity contribution < 1.29 is 32.6 Å². The van der Waals surface area contributed by atoms with Gasteiger partial charge in [-0.05, 0) is 18.2 Å². The molecule has 1 aromatic carbocycles. The molecule has 120 valence electrons. The molecular weight excluding hydrogens is 303 g/mol. The first-order valence-corrected chi connectivity index (χ1v) is 6.73. The number of ether oxygens (including phenoxy) is 2. The van der Waals surface area contributed by atoms with E-state index in [-0.39, 0.29) is 11.5 Å². The van der Waals surface area contributed by atoms with Crippen LogP contribution < -0.4 is 4.74 Å². The van der Waals surface area contributed by atoms with Crippen molar-refractivity contribution in [2.45, 2.75) is 24.6 Å². The zero-order chi connectivity index (χ0) is 15.8. The Bertz CT molecular complexity index is 594. The molecule has 0 aromatic heterocycles. The Morgan fingerprint density at radius 2 is 2.18 bits per heavy atom. The molecule has 2 aliphatic heterocycles. The van der Waals surface area contributed by atoms with Gasteiger partial charge in [-0.3, -0.25) is 0 Å². The molecular formula is C14H14F3NO4. The lowest BCUT2D eigenvalue weighted by Crippen LogP contribution is -2.29. The third kappa shape index (κ3) is 3.11. The molecule has 0 saturated carbocycles. The first kappa shape index (κ1) is 15.0. The number of halogens is 3. The van der Waals surface area contributed by atoms with Gasteiger partial charge in [0.2, 0.25) is 0 Å². The summed E-state index contributed by atoms with van der Waals surface area (Å²) < 4.78 is 46.2. The third-order valence-electron chi connectivity index (χ3n) is 3.59. The van der Waals surface area contributed by atoms with Crippen LogP contribution in [0.15, 0.2) is 23.4 Å². The highest BCUT2D eigenvalue weighted by Gasteiger charge is 2.43. The predicted molar refractivity (Wildman–Crippen MR) is 70.1 cm³/mol. The van der Waals surface area contributed by atoms with E-state index in [1.54, 1.807) is 6.07 Å². The molecule has 1 fully saturated rings. The van der Waals surface area contributed by atoms with Crippen LogP contribution in [0.25, 0.3) is 0 Å². The van der Waals surface area contributed by atoms with Crippen LogP contribution in [0.3, 0.4) is 0 Å². The molecule has 2 heterocycles. The van der Waals surface area contributed by atoms with Gasteiger partial charge in [0.15, 0.2) is 23.7 Å². The monoisotopic (exact) mass is 317 g/mol. The second kappa shape index (κ2) is 5.35. The molecule has 2 aliphatic rings. The van der Waals surface area contributed by atoms with Gasteiger partial charge >= 0.3 is 6.18 Å². The highest BCUT2D eigenvalue weighted by molar-refractivity contribution is 6.02. The van der Waals surface area contributed by atoms with Crippen LogP contribution in [0.4, 0.5) is 13.2 Å². The van der Waals surface area contributed by atoms with Gasteiger partial charge < -0.3 is 19.4 Å². The molecule has 1 saturated heterocycles. The Hall–Kier alpha value is -1.96. The van der Waals surface area contributed by atoms with Crippen LogP contribution in [0.1, 0.15) is 18.4 Å². The molecule has 1 spiro atoms. The Morgan fingerprint density at radius 3 is 2.82 bits per heavy atom. The van der Waals surface area contributed by atoms with E-state index in [2.05, 4.69) is 9.89 Å². The maximum Gasteiger partial charge on any atom is 0.422 e. The summed E-state index contributed by atoms with van der Waals surface area (Å²) in [7, 11) is 0. The summed E-state index contributed by atoms with van der Waals surface area (Å²) in [6.07, 6.45) is -3.18. The molecule has 1 atom stereocenters. The lowest BCUT2D eigenvalue weighted by molar-refractivity contribution is -0.153. The van der Waals surface area contributed by atoms with Crippen molar-refractivity contribution >= 4 is 5.71 Å². The third-order valence-corrected chi connectivity index (χ3v) is 3.59. The number of benzene rings is 1. The van der Waals surface area contributed by atoms with Crippen molar-refractivity contribution in [1.29, 1.82) is 0 Å². The summed E-state index contributed by atoms with van der Waals surface area (Å²) in [5.41, 5.74) is 0.764. The van der Waals surface area contributed by atoms with Crippen molar-refractivity contribution in [1.82, 2.24) is 0 Å². The first-order chi connectivity index (χ1) is 10.4. The minimum atomic E-state index is -4.46. The van der Waals surface area contributed by atoms with Gasteiger partial charge in [0.25, 0.3) is 0 Å². The molecule has 1 unspecified atom stereocenters. The molecule has 3 rings (SSSR count). The van der Waals surface area contributed by atoms with Crippen LogP contribution in [-0.2, 0) is 9.57 Å². The fourth-order valence-corrected chi connectivity index (χ4v) is 2.45. The normalized spacial score (nSPS) is 24.4. The van der Waals surface area contributed by atoms with E-state index in [1.165, 1.54) is 12.1 Å². The Morgan fingerprint density at radius 1 is 1.36 bits per heavy atom. The van der Waals surface area contributed by atoms with Crippen molar-refractivity contribution in [2.75, 3.05) is 19.8 Å². The summed E-state index contributed by atoms with van der Waals surface area (Å²) in [5, 5.41) is 13.8. The summed E-state index contributed by atoms with van der Waals surface area (Å²) in [6.45, 7) is -0.387. The Balaban J connectivity index is 1.70. The highest BCUT2D eigenvalue weighted by Crippen LogP contribution is 2.36. The SMILES string of the molecule is Oc1cc(C2=NOC3(CCOC3)C2)ccc1OCC(F)(F)F.